The molecule has 0 aliphatic rings. The van der Waals surface area contributed by atoms with Gasteiger partial charge in [0.2, 0.25) is 0 Å². The van der Waals surface area contributed by atoms with Gasteiger partial charge in [0.1, 0.15) is 0 Å². The topological polar surface area (TPSA) is 35.2 Å². The Kier molecular flexibility index (Phi) is 7.51. The molecule has 0 spiro atoms. The molecule has 1 rings (SSSR count). The highest BCUT2D eigenvalue weighted by molar-refractivity contribution is 5.46. The van der Waals surface area contributed by atoms with Crippen molar-refractivity contribution in [3.63, 3.8) is 0 Å². The fourth-order valence-corrected chi connectivity index (χ4v) is 2.07. The zero-order valence-electron chi connectivity index (χ0n) is 11.8. The number of hydrogen-bond donors (Lipinski definition) is 1. The average Bonchev–Trinajstić information content (AvgIpc) is 2.37. The molecule has 1 atom stereocenters. The van der Waals surface area contributed by atoms with Crippen LogP contribution in [0, 0.1) is 0 Å². The summed E-state index contributed by atoms with van der Waals surface area (Å²) in [5.41, 5.74) is 7.96. The van der Waals surface area contributed by atoms with Crippen LogP contribution in [0.5, 0.6) is 0 Å². The second-order valence-electron chi connectivity index (χ2n) is 4.98. The van der Waals surface area contributed by atoms with Crippen LogP contribution in [-0.4, -0.2) is 12.7 Å². The molecule has 2 N–H and O–H groups in total. The van der Waals surface area contributed by atoms with Gasteiger partial charge in [-0.2, -0.15) is 0 Å². The van der Waals surface area contributed by atoms with E-state index in [9.17, 15) is 0 Å². The number of rotatable bonds is 9. The third-order valence-electron chi connectivity index (χ3n) is 3.29. The van der Waals surface area contributed by atoms with Crippen molar-refractivity contribution in [2.24, 2.45) is 0 Å². The number of ether oxygens (including phenoxy) is 1. The predicted octanol–water partition coefficient (Wildman–Crippen LogP) is 4.19. The van der Waals surface area contributed by atoms with Gasteiger partial charge in [-0.15, -0.1) is 0 Å². The summed E-state index contributed by atoms with van der Waals surface area (Å²) < 4.78 is 5.83. The number of para-hydroxylation sites is 1. The summed E-state index contributed by atoms with van der Waals surface area (Å²) in [7, 11) is 0. The highest BCUT2D eigenvalue weighted by atomic mass is 16.5. The smallest absolute Gasteiger partial charge is 0.0547 e. The van der Waals surface area contributed by atoms with E-state index >= 15 is 0 Å². The maximum absolute atomic E-state index is 5.90. The van der Waals surface area contributed by atoms with Gasteiger partial charge in [-0.05, 0) is 31.4 Å². The van der Waals surface area contributed by atoms with E-state index < -0.39 is 0 Å². The molecule has 1 unspecified atom stereocenters. The first-order chi connectivity index (χ1) is 8.74. The van der Waals surface area contributed by atoms with Crippen molar-refractivity contribution in [3.8, 4) is 0 Å². The SMILES string of the molecule is CCCCCCC(C)OCCc1ccccc1N. The lowest BCUT2D eigenvalue weighted by Crippen LogP contribution is -2.11. The Balaban J connectivity index is 2.12. The minimum atomic E-state index is 0.367. The van der Waals surface area contributed by atoms with E-state index in [2.05, 4.69) is 19.9 Å². The molecule has 1 aromatic carbocycles. The van der Waals surface area contributed by atoms with Gasteiger partial charge in [-0.25, -0.2) is 0 Å². The number of benzene rings is 1. The molecule has 2 nitrogen and oxygen atoms in total. The molecular weight excluding hydrogens is 222 g/mol. The van der Waals surface area contributed by atoms with E-state index in [-0.39, 0.29) is 0 Å². The largest absolute Gasteiger partial charge is 0.399 e. The lowest BCUT2D eigenvalue weighted by atomic mass is 10.1. The number of nitrogen functional groups attached to an aromatic ring is 1. The summed E-state index contributed by atoms with van der Waals surface area (Å²) in [5.74, 6) is 0. The highest BCUT2D eigenvalue weighted by Crippen LogP contribution is 2.12. The Morgan fingerprint density at radius 1 is 1.17 bits per heavy atom. The Labute approximate surface area is 112 Å². The first-order valence-electron chi connectivity index (χ1n) is 7.19. The van der Waals surface area contributed by atoms with E-state index in [1.165, 1.54) is 37.7 Å². The quantitative estimate of drug-likeness (QED) is 0.526. The Hall–Kier alpha value is -1.02. The standard InChI is InChI=1S/C16H27NO/c1-3-4-5-6-9-14(2)18-13-12-15-10-7-8-11-16(15)17/h7-8,10-11,14H,3-6,9,12-13,17H2,1-2H3. The maximum atomic E-state index is 5.90. The van der Waals surface area contributed by atoms with E-state index in [1.807, 2.05) is 18.2 Å². The van der Waals surface area contributed by atoms with Gasteiger partial charge in [-0.1, -0.05) is 50.8 Å². The zero-order valence-corrected chi connectivity index (χ0v) is 11.8. The number of unbranched alkanes of at least 4 members (excludes halogenated alkanes) is 3. The molecule has 0 aromatic heterocycles. The van der Waals surface area contributed by atoms with Crippen LogP contribution in [0.15, 0.2) is 24.3 Å². The molecule has 2 heteroatoms. The molecule has 1 aromatic rings. The summed E-state index contributed by atoms with van der Waals surface area (Å²) in [5, 5.41) is 0. The summed E-state index contributed by atoms with van der Waals surface area (Å²) in [6.45, 7) is 5.17. The molecule has 0 aliphatic carbocycles. The number of nitrogens with two attached hydrogens (primary N) is 1. The fraction of sp³-hybridized carbons (Fsp3) is 0.625. The summed E-state index contributed by atoms with van der Waals surface area (Å²) in [6.07, 6.45) is 7.69. The molecule has 0 saturated heterocycles. The van der Waals surface area contributed by atoms with Crippen molar-refractivity contribution in [2.75, 3.05) is 12.3 Å². The average molecular weight is 249 g/mol. The van der Waals surface area contributed by atoms with Gasteiger partial charge in [0.05, 0.1) is 12.7 Å². The van der Waals surface area contributed by atoms with Crippen molar-refractivity contribution in [1.82, 2.24) is 0 Å². The van der Waals surface area contributed by atoms with Crippen LogP contribution in [-0.2, 0) is 11.2 Å². The van der Waals surface area contributed by atoms with Crippen molar-refractivity contribution >= 4 is 5.69 Å². The van der Waals surface area contributed by atoms with Crippen molar-refractivity contribution < 1.29 is 4.74 Å². The monoisotopic (exact) mass is 249 g/mol. The van der Waals surface area contributed by atoms with Gasteiger partial charge in [0.25, 0.3) is 0 Å². The zero-order chi connectivity index (χ0) is 13.2. The molecule has 0 bridgehead atoms. The molecule has 18 heavy (non-hydrogen) atoms. The minimum Gasteiger partial charge on any atom is -0.399 e. The molecule has 0 saturated carbocycles. The van der Waals surface area contributed by atoms with Crippen LogP contribution in [0.4, 0.5) is 5.69 Å². The highest BCUT2D eigenvalue weighted by Gasteiger charge is 2.03. The van der Waals surface area contributed by atoms with Crippen LogP contribution in [0.3, 0.4) is 0 Å². The lowest BCUT2D eigenvalue weighted by Gasteiger charge is -2.13. The number of hydrogen-bond acceptors (Lipinski definition) is 2. The second kappa shape index (κ2) is 8.98. The van der Waals surface area contributed by atoms with Gasteiger partial charge < -0.3 is 10.5 Å². The van der Waals surface area contributed by atoms with Crippen LogP contribution >= 0.6 is 0 Å². The number of anilines is 1. The third-order valence-corrected chi connectivity index (χ3v) is 3.29. The molecular formula is C16H27NO. The van der Waals surface area contributed by atoms with Crippen molar-refractivity contribution in [3.05, 3.63) is 29.8 Å². The normalized spacial score (nSPS) is 12.6. The molecule has 0 aliphatic heterocycles. The van der Waals surface area contributed by atoms with E-state index in [0.717, 1.165) is 18.7 Å². The van der Waals surface area contributed by atoms with Crippen LogP contribution < -0.4 is 5.73 Å². The first-order valence-corrected chi connectivity index (χ1v) is 7.19. The Morgan fingerprint density at radius 3 is 2.67 bits per heavy atom. The minimum absolute atomic E-state index is 0.367. The lowest BCUT2D eigenvalue weighted by molar-refractivity contribution is 0.0607. The first kappa shape index (κ1) is 15.0. The summed E-state index contributed by atoms with van der Waals surface area (Å²) in [6, 6.07) is 8.02. The van der Waals surface area contributed by atoms with E-state index in [1.54, 1.807) is 0 Å². The molecule has 0 radical (unpaired) electrons. The van der Waals surface area contributed by atoms with Crippen molar-refractivity contribution in [1.29, 1.82) is 0 Å². The van der Waals surface area contributed by atoms with Crippen LogP contribution in [0.25, 0.3) is 0 Å². The van der Waals surface area contributed by atoms with Gasteiger partial charge in [0.15, 0.2) is 0 Å². The predicted molar refractivity (Wildman–Crippen MR) is 78.7 cm³/mol. The molecule has 0 amide bonds. The van der Waals surface area contributed by atoms with E-state index in [0.29, 0.717) is 6.10 Å². The third kappa shape index (κ3) is 6.06. The maximum Gasteiger partial charge on any atom is 0.0547 e. The van der Waals surface area contributed by atoms with Gasteiger partial charge in [-0.3, -0.25) is 0 Å². The molecule has 0 heterocycles. The van der Waals surface area contributed by atoms with Crippen molar-refractivity contribution in [2.45, 2.75) is 58.5 Å². The van der Waals surface area contributed by atoms with Crippen LogP contribution in [0.1, 0.15) is 51.5 Å². The van der Waals surface area contributed by atoms with Gasteiger partial charge >= 0.3 is 0 Å². The molecule has 0 fully saturated rings. The Morgan fingerprint density at radius 2 is 1.94 bits per heavy atom. The Bertz CT molecular complexity index is 325. The summed E-state index contributed by atoms with van der Waals surface area (Å²) in [4.78, 5) is 0. The van der Waals surface area contributed by atoms with Gasteiger partial charge in [0, 0.05) is 5.69 Å². The molecule has 102 valence electrons. The second-order valence-corrected chi connectivity index (χ2v) is 4.98. The van der Waals surface area contributed by atoms with E-state index in [4.69, 9.17) is 10.5 Å². The summed E-state index contributed by atoms with van der Waals surface area (Å²) >= 11 is 0. The fourth-order valence-electron chi connectivity index (χ4n) is 2.07. The van der Waals surface area contributed by atoms with Crippen LogP contribution in [0.2, 0.25) is 0 Å².